The van der Waals surface area contributed by atoms with E-state index in [0.717, 1.165) is 12.3 Å². The molecule has 0 aliphatic carbocycles. The van der Waals surface area contributed by atoms with Crippen molar-refractivity contribution >= 4 is 0 Å². The highest BCUT2D eigenvalue weighted by Crippen LogP contribution is 2.18. The highest BCUT2D eigenvalue weighted by molar-refractivity contribution is 4.84. The summed E-state index contributed by atoms with van der Waals surface area (Å²) in [6.45, 7) is 12.6. The van der Waals surface area contributed by atoms with E-state index in [4.69, 9.17) is 0 Å². The first kappa shape index (κ1) is 14.9. The van der Waals surface area contributed by atoms with Crippen molar-refractivity contribution < 1.29 is 5.11 Å². The van der Waals surface area contributed by atoms with E-state index in [1.54, 1.807) is 0 Å². The van der Waals surface area contributed by atoms with Gasteiger partial charge in [0.25, 0.3) is 0 Å². The molecular formula is C14H30N2O. The van der Waals surface area contributed by atoms with Gasteiger partial charge in [0, 0.05) is 18.1 Å². The molecular weight excluding hydrogens is 212 g/mol. The highest BCUT2D eigenvalue weighted by atomic mass is 16.3. The van der Waals surface area contributed by atoms with Gasteiger partial charge >= 0.3 is 0 Å². The Morgan fingerprint density at radius 1 is 1.47 bits per heavy atom. The lowest BCUT2D eigenvalue weighted by atomic mass is 9.95. The molecule has 0 aromatic heterocycles. The molecule has 0 radical (unpaired) electrons. The molecule has 0 aromatic carbocycles. The van der Waals surface area contributed by atoms with Crippen LogP contribution in [0.3, 0.4) is 0 Å². The fourth-order valence-electron chi connectivity index (χ4n) is 2.82. The summed E-state index contributed by atoms with van der Waals surface area (Å²) in [5.74, 6) is 0.869. The summed E-state index contributed by atoms with van der Waals surface area (Å²) < 4.78 is 0. The lowest BCUT2D eigenvalue weighted by molar-refractivity contribution is 0.150. The van der Waals surface area contributed by atoms with Crippen LogP contribution in [0.25, 0.3) is 0 Å². The Kier molecular flexibility index (Phi) is 5.90. The Bertz CT molecular complexity index is 220. The zero-order chi connectivity index (χ0) is 12.9. The van der Waals surface area contributed by atoms with Gasteiger partial charge in [0.15, 0.2) is 0 Å². The third-order valence-corrected chi connectivity index (χ3v) is 3.70. The van der Waals surface area contributed by atoms with Crippen LogP contribution in [-0.4, -0.2) is 47.8 Å². The topological polar surface area (TPSA) is 35.5 Å². The maximum Gasteiger partial charge on any atom is 0.0610 e. The molecule has 102 valence electrons. The van der Waals surface area contributed by atoms with Crippen LogP contribution in [0.1, 0.15) is 47.0 Å². The fourth-order valence-corrected chi connectivity index (χ4v) is 2.82. The summed E-state index contributed by atoms with van der Waals surface area (Å²) in [6.07, 6.45) is 3.57. The second kappa shape index (κ2) is 6.72. The van der Waals surface area contributed by atoms with Gasteiger partial charge in [0.05, 0.1) is 6.61 Å². The Labute approximate surface area is 107 Å². The van der Waals surface area contributed by atoms with E-state index >= 15 is 0 Å². The standard InChI is InChI=1S/C14H30N2O/c1-12(2)15-14(4,11-17)7-5-8-16-9-6-13(3)10-16/h12-13,15,17H,5-11H2,1-4H3. The van der Waals surface area contributed by atoms with Gasteiger partial charge in [-0.25, -0.2) is 0 Å². The van der Waals surface area contributed by atoms with E-state index in [9.17, 15) is 5.11 Å². The average molecular weight is 242 g/mol. The molecule has 1 saturated heterocycles. The molecule has 0 amide bonds. The lowest BCUT2D eigenvalue weighted by Crippen LogP contribution is -2.49. The van der Waals surface area contributed by atoms with Crippen molar-refractivity contribution in [2.24, 2.45) is 5.92 Å². The first-order valence-electron chi connectivity index (χ1n) is 7.06. The molecule has 1 rings (SSSR count). The number of hydrogen-bond acceptors (Lipinski definition) is 3. The maximum atomic E-state index is 9.49. The second-order valence-electron chi connectivity index (χ2n) is 6.32. The number of nitrogens with one attached hydrogen (secondary N) is 1. The molecule has 0 spiro atoms. The van der Waals surface area contributed by atoms with Gasteiger partial charge in [0.1, 0.15) is 0 Å². The van der Waals surface area contributed by atoms with Crippen LogP contribution < -0.4 is 5.32 Å². The predicted molar refractivity (Wildman–Crippen MR) is 73.2 cm³/mol. The van der Waals surface area contributed by atoms with Crippen LogP contribution in [0.15, 0.2) is 0 Å². The minimum Gasteiger partial charge on any atom is -0.394 e. The van der Waals surface area contributed by atoms with Gasteiger partial charge in [-0.1, -0.05) is 20.8 Å². The molecule has 1 aliphatic rings. The number of aliphatic hydroxyl groups is 1. The summed E-state index contributed by atoms with van der Waals surface area (Å²) in [7, 11) is 0. The van der Waals surface area contributed by atoms with Crippen LogP contribution >= 0.6 is 0 Å². The molecule has 0 aromatic rings. The van der Waals surface area contributed by atoms with E-state index < -0.39 is 0 Å². The highest BCUT2D eigenvalue weighted by Gasteiger charge is 2.24. The van der Waals surface area contributed by atoms with Crippen LogP contribution in [0.5, 0.6) is 0 Å². The van der Waals surface area contributed by atoms with Gasteiger partial charge in [-0.05, 0) is 45.2 Å². The minimum atomic E-state index is -0.112. The second-order valence-corrected chi connectivity index (χ2v) is 6.32. The lowest BCUT2D eigenvalue weighted by Gasteiger charge is -2.31. The Morgan fingerprint density at radius 3 is 2.65 bits per heavy atom. The Balaban J connectivity index is 2.23. The quantitative estimate of drug-likeness (QED) is 0.715. The van der Waals surface area contributed by atoms with Crippen molar-refractivity contribution in [3.8, 4) is 0 Å². The van der Waals surface area contributed by atoms with Crippen molar-refractivity contribution in [3.63, 3.8) is 0 Å². The van der Waals surface area contributed by atoms with Crippen molar-refractivity contribution in [2.75, 3.05) is 26.2 Å². The SMILES string of the molecule is CC1CCN(CCCC(C)(CO)NC(C)C)C1. The molecule has 0 bridgehead atoms. The third kappa shape index (κ3) is 5.36. The van der Waals surface area contributed by atoms with Crippen LogP contribution in [0.2, 0.25) is 0 Å². The molecule has 1 heterocycles. The van der Waals surface area contributed by atoms with E-state index in [-0.39, 0.29) is 12.1 Å². The largest absolute Gasteiger partial charge is 0.394 e. The summed E-state index contributed by atoms with van der Waals surface area (Å²) >= 11 is 0. The molecule has 3 nitrogen and oxygen atoms in total. The summed E-state index contributed by atoms with van der Waals surface area (Å²) in [6, 6.07) is 0.430. The summed E-state index contributed by atoms with van der Waals surface area (Å²) in [4.78, 5) is 2.55. The minimum absolute atomic E-state index is 0.112. The van der Waals surface area contributed by atoms with Crippen LogP contribution in [-0.2, 0) is 0 Å². The van der Waals surface area contributed by atoms with Gasteiger partial charge in [0.2, 0.25) is 0 Å². The van der Waals surface area contributed by atoms with E-state index in [1.165, 1.54) is 32.5 Å². The zero-order valence-corrected chi connectivity index (χ0v) is 12.0. The zero-order valence-electron chi connectivity index (χ0n) is 12.0. The maximum absolute atomic E-state index is 9.49. The summed E-state index contributed by atoms with van der Waals surface area (Å²) in [5.41, 5.74) is -0.112. The number of rotatable bonds is 7. The van der Waals surface area contributed by atoms with Gasteiger partial charge in [-0.2, -0.15) is 0 Å². The molecule has 1 fully saturated rings. The van der Waals surface area contributed by atoms with Crippen molar-refractivity contribution in [3.05, 3.63) is 0 Å². The molecule has 3 heteroatoms. The normalized spacial score (nSPS) is 25.4. The monoisotopic (exact) mass is 242 g/mol. The first-order valence-corrected chi connectivity index (χ1v) is 7.06. The van der Waals surface area contributed by atoms with E-state index in [0.29, 0.717) is 6.04 Å². The van der Waals surface area contributed by atoms with Gasteiger partial charge < -0.3 is 15.3 Å². The number of nitrogens with zero attached hydrogens (tertiary/aromatic N) is 1. The Morgan fingerprint density at radius 2 is 2.18 bits per heavy atom. The Hall–Kier alpha value is -0.120. The van der Waals surface area contributed by atoms with E-state index in [1.807, 2.05) is 0 Å². The van der Waals surface area contributed by atoms with Crippen molar-refractivity contribution in [1.82, 2.24) is 10.2 Å². The molecule has 2 atom stereocenters. The van der Waals surface area contributed by atoms with Gasteiger partial charge in [-0.15, -0.1) is 0 Å². The molecule has 2 N–H and O–H groups in total. The van der Waals surface area contributed by atoms with Crippen LogP contribution in [0, 0.1) is 5.92 Å². The molecule has 2 unspecified atom stereocenters. The predicted octanol–water partition coefficient (Wildman–Crippen LogP) is 1.86. The average Bonchev–Trinajstić information content (AvgIpc) is 2.63. The molecule has 1 aliphatic heterocycles. The van der Waals surface area contributed by atoms with Crippen molar-refractivity contribution in [2.45, 2.75) is 58.5 Å². The molecule has 0 saturated carbocycles. The fraction of sp³-hybridized carbons (Fsp3) is 1.00. The van der Waals surface area contributed by atoms with Crippen molar-refractivity contribution in [1.29, 1.82) is 0 Å². The first-order chi connectivity index (χ1) is 7.95. The van der Waals surface area contributed by atoms with Crippen LogP contribution in [0.4, 0.5) is 0 Å². The molecule has 17 heavy (non-hydrogen) atoms. The number of likely N-dealkylation sites (tertiary alicyclic amines) is 1. The van der Waals surface area contributed by atoms with E-state index in [2.05, 4.69) is 37.9 Å². The number of aliphatic hydroxyl groups excluding tert-OH is 1. The number of hydrogen-bond donors (Lipinski definition) is 2. The summed E-state index contributed by atoms with van der Waals surface area (Å²) in [5, 5.41) is 13.0. The van der Waals surface area contributed by atoms with Gasteiger partial charge in [-0.3, -0.25) is 0 Å². The smallest absolute Gasteiger partial charge is 0.0610 e. The third-order valence-electron chi connectivity index (χ3n) is 3.70.